The number of carbonyl (C=O) groups excluding carboxylic acids is 1. The molecule has 0 spiro atoms. The number of rotatable bonds is 6. The van der Waals surface area contributed by atoms with E-state index in [2.05, 4.69) is 15.3 Å². The number of hydrogen-bond acceptors (Lipinski definition) is 6. The lowest BCUT2D eigenvalue weighted by Crippen LogP contribution is -2.26. The summed E-state index contributed by atoms with van der Waals surface area (Å²) in [5.74, 6) is 1.05. The van der Waals surface area contributed by atoms with Gasteiger partial charge in [0.25, 0.3) is 5.91 Å². The molecule has 0 aliphatic carbocycles. The van der Waals surface area contributed by atoms with Crippen molar-refractivity contribution in [1.29, 1.82) is 0 Å². The molecule has 1 N–H and O–H groups in total. The van der Waals surface area contributed by atoms with Gasteiger partial charge in [-0.2, -0.15) is 0 Å². The smallest absolute Gasteiger partial charge is 0.271 e. The number of ether oxygens (including phenoxy) is 2. The van der Waals surface area contributed by atoms with Crippen LogP contribution in [-0.4, -0.2) is 30.1 Å². The van der Waals surface area contributed by atoms with Gasteiger partial charge in [-0.3, -0.25) is 9.78 Å². The average Bonchev–Trinajstić information content (AvgIpc) is 3.18. The topological polar surface area (TPSA) is 73.3 Å². The molecule has 3 aromatic rings. The summed E-state index contributed by atoms with van der Waals surface area (Å²) in [5.41, 5.74) is 2.19. The predicted octanol–water partition coefficient (Wildman–Crippen LogP) is 3.71. The van der Waals surface area contributed by atoms with Crippen molar-refractivity contribution in [2.75, 3.05) is 14.2 Å². The van der Waals surface area contributed by atoms with Crippen molar-refractivity contribution in [3.05, 3.63) is 59.4 Å². The summed E-state index contributed by atoms with van der Waals surface area (Å²) in [7, 11) is 3.18. The Bertz CT molecular complexity index is 896. The zero-order chi connectivity index (χ0) is 18.5. The number of amides is 1. The van der Waals surface area contributed by atoms with Crippen LogP contribution < -0.4 is 14.8 Å². The van der Waals surface area contributed by atoms with E-state index in [-0.39, 0.29) is 11.9 Å². The largest absolute Gasteiger partial charge is 0.493 e. The lowest BCUT2D eigenvalue weighted by atomic mass is 10.1. The molecule has 1 atom stereocenters. The number of carbonyl (C=O) groups is 1. The molecule has 134 valence electrons. The fourth-order valence-electron chi connectivity index (χ4n) is 2.47. The minimum Gasteiger partial charge on any atom is -0.493 e. The molecule has 1 amide bonds. The highest BCUT2D eigenvalue weighted by Gasteiger charge is 2.16. The van der Waals surface area contributed by atoms with Crippen LogP contribution in [0.15, 0.2) is 48.1 Å². The lowest BCUT2D eigenvalue weighted by molar-refractivity contribution is 0.0935. The maximum Gasteiger partial charge on any atom is 0.271 e. The molecule has 0 unspecified atom stereocenters. The van der Waals surface area contributed by atoms with Crippen LogP contribution in [0.2, 0.25) is 0 Å². The summed E-state index contributed by atoms with van der Waals surface area (Å²) < 4.78 is 10.6. The van der Waals surface area contributed by atoms with Gasteiger partial charge in [0.2, 0.25) is 0 Å². The molecule has 2 heterocycles. The van der Waals surface area contributed by atoms with Crippen LogP contribution in [0.3, 0.4) is 0 Å². The fraction of sp³-hybridized carbons (Fsp3) is 0.211. The van der Waals surface area contributed by atoms with Gasteiger partial charge in [0.15, 0.2) is 11.5 Å². The van der Waals surface area contributed by atoms with Crippen molar-refractivity contribution >= 4 is 17.2 Å². The van der Waals surface area contributed by atoms with Crippen LogP contribution in [-0.2, 0) is 0 Å². The van der Waals surface area contributed by atoms with Gasteiger partial charge in [-0.15, -0.1) is 11.3 Å². The third-order valence-electron chi connectivity index (χ3n) is 3.90. The van der Waals surface area contributed by atoms with Crippen LogP contribution >= 0.6 is 11.3 Å². The average molecular weight is 369 g/mol. The quantitative estimate of drug-likeness (QED) is 0.717. The summed E-state index contributed by atoms with van der Waals surface area (Å²) in [4.78, 5) is 21.0. The molecule has 6 nitrogen and oxygen atoms in total. The maximum atomic E-state index is 12.5. The van der Waals surface area contributed by atoms with Crippen molar-refractivity contribution in [3.63, 3.8) is 0 Å². The molecule has 1 aromatic carbocycles. The Hall–Kier alpha value is -2.93. The zero-order valence-corrected chi connectivity index (χ0v) is 15.5. The summed E-state index contributed by atoms with van der Waals surface area (Å²) in [6.07, 6.45) is 3.44. The first kappa shape index (κ1) is 17.9. The summed E-state index contributed by atoms with van der Waals surface area (Å²) >= 11 is 1.41. The van der Waals surface area contributed by atoms with E-state index in [1.165, 1.54) is 11.3 Å². The molecule has 0 fully saturated rings. The standard InChI is InChI=1S/C19H19N3O3S/c1-12(14-5-4-8-20-10-14)21-18(23)15-11-26-19(22-15)13-6-7-16(24-2)17(9-13)25-3/h4-12H,1-3H3,(H,21,23)/t12-/m1/s1. The molecule has 0 aliphatic heterocycles. The van der Waals surface area contributed by atoms with Crippen molar-refractivity contribution in [2.24, 2.45) is 0 Å². The molecular formula is C19H19N3O3S. The van der Waals surface area contributed by atoms with Crippen LogP contribution in [0.5, 0.6) is 11.5 Å². The van der Waals surface area contributed by atoms with Gasteiger partial charge in [0.05, 0.1) is 20.3 Å². The summed E-state index contributed by atoms with van der Waals surface area (Å²) in [6, 6.07) is 9.17. The molecular weight excluding hydrogens is 350 g/mol. The molecule has 3 rings (SSSR count). The number of hydrogen-bond donors (Lipinski definition) is 1. The highest BCUT2D eigenvalue weighted by atomic mass is 32.1. The first-order valence-corrected chi connectivity index (χ1v) is 8.89. The fourth-order valence-corrected chi connectivity index (χ4v) is 3.26. The van der Waals surface area contributed by atoms with Gasteiger partial charge >= 0.3 is 0 Å². The molecule has 26 heavy (non-hydrogen) atoms. The Balaban J connectivity index is 1.76. The lowest BCUT2D eigenvalue weighted by Gasteiger charge is -2.12. The van der Waals surface area contributed by atoms with Crippen molar-refractivity contribution < 1.29 is 14.3 Å². The minimum absolute atomic E-state index is 0.151. The highest BCUT2D eigenvalue weighted by Crippen LogP contribution is 2.33. The highest BCUT2D eigenvalue weighted by molar-refractivity contribution is 7.13. The number of pyridine rings is 1. The zero-order valence-electron chi connectivity index (χ0n) is 14.7. The monoisotopic (exact) mass is 369 g/mol. The number of thiazole rings is 1. The second-order valence-electron chi connectivity index (χ2n) is 5.59. The number of nitrogens with zero attached hydrogens (tertiary/aromatic N) is 2. The Morgan fingerprint density at radius 1 is 1.19 bits per heavy atom. The first-order valence-electron chi connectivity index (χ1n) is 8.01. The second-order valence-corrected chi connectivity index (χ2v) is 6.45. The number of methoxy groups -OCH3 is 2. The Morgan fingerprint density at radius 2 is 2.00 bits per heavy atom. The Morgan fingerprint density at radius 3 is 2.69 bits per heavy atom. The van der Waals surface area contributed by atoms with E-state index >= 15 is 0 Å². The van der Waals surface area contributed by atoms with E-state index in [9.17, 15) is 4.79 Å². The van der Waals surface area contributed by atoms with E-state index in [1.807, 2.05) is 37.3 Å². The van der Waals surface area contributed by atoms with E-state index in [4.69, 9.17) is 9.47 Å². The predicted molar refractivity (Wildman–Crippen MR) is 101 cm³/mol. The molecule has 0 saturated carbocycles. The van der Waals surface area contributed by atoms with Crippen molar-refractivity contribution in [2.45, 2.75) is 13.0 Å². The van der Waals surface area contributed by atoms with Crippen molar-refractivity contribution in [1.82, 2.24) is 15.3 Å². The number of benzene rings is 1. The molecule has 0 bridgehead atoms. The summed E-state index contributed by atoms with van der Waals surface area (Å²) in [5, 5.41) is 5.43. The van der Waals surface area contributed by atoms with Crippen molar-refractivity contribution in [3.8, 4) is 22.1 Å². The van der Waals surface area contributed by atoms with Crippen LogP contribution in [0, 0.1) is 0 Å². The van der Waals surface area contributed by atoms with Crippen LogP contribution in [0.4, 0.5) is 0 Å². The number of nitrogens with one attached hydrogen (secondary N) is 1. The molecule has 0 aliphatic rings. The van der Waals surface area contributed by atoms with Gasteiger partial charge in [0.1, 0.15) is 10.7 Å². The minimum atomic E-state index is -0.218. The Kier molecular flexibility index (Phi) is 5.48. The molecule has 0 saturated heterocycles. The third-order valence-corrected chi connectivity index (χ3v) is 4.79. The third kappa shape index (κ3) is 3.83. The van der Waals surface area contributed by atoms with Gasteiger partial charge in [0, 0.05) is 23.3 Å². The van der Waals surface area contributed by atoms with Gasteiger partial charge in [-0.1, -0.05) is 6.07 Å². The second kappa shape index (κ2) is 7.97. The number of aromatic nitrogens is 2. The van der Waals surface area contributed by atoms with Crippen LogP contribution in [0.1, 0.15) is 29.0 Å². The van der Waals surface area contributed by atoms with E-state index in [1.54, 1.807) is 32.0 Å². The van der Waals surface area contributed by atoms with E-state index in [0.717, 1.165) is 16.1 Å². The summed E-state index contributed by atoms with van der Waals surface area (Å²) in [6.45, 7) is 1.91. The molecule has 7 heteroatoms. The normalized spacial score (nSPS) is 11.7. The first-order chi connectivity index (χ1) is 12.6. The van der Waals surface area contributed by atoms with Crippen LogP contribution in [0.25, 0.3) is 10.6 Å². The van der Waals surface area contributed by atoms with Gasteiger partial charge in [-0.05, 0) is 36.8 Å². The SMILES string of the molecule is COc1ccc(-c2nc(C(=O)N[C@H](C)c3cccnc3)cs2)cc1OC. The van der Waals surface area contributed by atoms with E-state index in [0.29, 0.717) is 17.2 Å². The van der Waals surface area contributed by atoms with Gasteiger partial charge in [-0.25, -0.2) is 4.98 Å². The van der Waals surface area contributed by atoms with E-state index < -0.39 is 0 Å². The van der Waals surface area contributed by atoms with Gasteiger partial charge < -0.3 is 14.8 Å². The maximum absolute atomic E-state index is 12.5. The molecule has 0 radical (unpaired) electrons. The molecule has 2 aromatic heterocycles. The Labute approximate surface area is 155 Å².